The highest BCUT2D eigenvalue weighted by Crippen LogP contribution is 2.33. The zero-order valence-electron chi connectivity index (χ0n) is 18.0. The minimum absolute atomic E-state index is 0.369. The Balaban J connectivity index is 1.26. The van der Waals surface area contributed by atoms with Gasteiger partial charge in [0.05, 0.1) is 6.54 Å². The van der Waals surface area contributed by atoms with Crippen molar-refractivity contribution in [3.63, 3.8) is 0 Å². The molecule has 5 rings (SSSR count). The number of aliphatic hydroxyl groups excluding tert-OH is 1. The van der Waals surface area contributed by atoms with Gasteiger partial charge < -0.3 is 19.5 Å². The van der Waals surface area contributed by atoms with Crippen molar-refractivity contribution >= 4 is 53.7 Å². The van der Waals surface area contributed by atoms with E-state index in [2.05, 4.69) is 103 Å². The first kappa shape index (κ1) is 22.1. The van der Waals surface area contributed by atoms with E-state index in [1.807, 2.05) is 0 Å². The molecule has 1 saturated heterocycles. The van der Waals surface area contributed by atoms with Crippen molar-refractivity contribution < 1.29 is 14.9 Å². The van der Waals surface area contributed by atoms with Crippen molar-refractivity contribution in [2.75, 3.05) is 32.7 Å². The molecule has 32 heavy (non-hydrogen) atoms. The topological polar surface area (TPSA) is 34.0 Å². The molecule has 1 aromatic heterocycles. The fourth-order valence-electron chi connectivity index (χ4n) is 5.08. The summed E-state index contributed by atoms with van der Waals surface area (Å²) >= 11 is 7.22. The van der Waals surface area contributed by atoms with E-state index < -0.39 is 0 Å². The van der Waals surface area contributed by atoms with E-state index in [0.717, 1.165) is 48.2 Å². The largest absolute Gasteiger partial charge is 0.385 e. The summed E-state index contributed by atoms with van der Waals surface area (Å²) in [5.74, 6) is 0. The Morgan fingerprint density at radius 3 is 1.94 bits per heavy atom. The average Bonchev–Trinajstić information content (AvgIpc) is 3.08. The first-order valence-corrected chi connectivity index (χ1v) is 12.9. The first-order chi connectivity index (χ1) is 15.6. The Labute approximate surface area is 205 Å². The second kappa shape index (κ2) is 9.65. The number of quaternary nitrogens is 2. The summed E-state index contributed by atoms with van der Waals surface area (Å²) in [6.07, 6.45) is -0.369. The zero-order valence-corrected chi connectivity index (χ0v) is 21.2. The molecular weight excluding hydrogens is 530 g/mol. The standard InChI is InChI=1S/C26H27Br2N3O/c27-20-6-8-25-23(14-20)24-15-21(28)7-9-26(24)31(25)18-22(32)17-30-12-10-29(11-13-30)16-19-4-2-1-3-5-19/h1-9,14-15,22,32H,10-13,16-18H2/p+2. The van der Waals surface area contributed by atoms with Gasteiger partial charge in [0, 0.05) is 36.3 Å². The van der Waals surface area contributed by atoms with E-state index >= 15 is 0 Å². The van der Waals surface area contributed by atoms with E-state index in [-0.39, 0.29) is 6.10 Å². The molecule has 1 aliphatic rings. The second-order valence-electron chi connectivity index (χ2n) is 8.95. The monoisotopic (exact) mass is 557 g/mol. The van der Waals surface area contributed by atoms with Gasteiger partial charge in [-0.2, -0.15) is 0 Å². The highest BCUT2D eigenvalue weighted by atomic mass is 79.9. The molecule has 4 nitrogen and oxygen atoms in total. The van der Waals surface area contributed by atoms with Crippen molar-refractivity contribution in [1.82, 2.24) is 4.57 Å². The summed E-state index contributed by atoms with van der Waals surface area (Å²) in [6, 6.07) is 23.6. The number of rotatable bonds is 6. The van der Waals surface area contributed by atoms with Crippen LogP contribution >= 0.6 is 31.9 Å². The quantitative estimate of drug-likeness (QED) is 0.334. The summed E-state index contributed by atoms with van der Waals surface area (Å²) < 4.78 is 4.43. The molecule has 1 unspecified atom stereocenters. The smallest absolute Gasteiger partial charge is 0.127 e. The summed E-state index contributed by atoms with van der Waals surface area (Å²) in [5.41, 5.74) is 3.76. The Hall–Kier alpha value is -1.70. The fourth-order valence-corrected chi connectivity index (χ4v) is 5.80. The van der Waals surface area contributed by atoms with E-state index in [1.165, 1.54) is 32.3 Å². The van der Waals surface area contributed by atoms with Crippen LogP contribution in [0.25, 0.3) is 21.8 Å². The molecule has 1 aliphatic heterocycles. The number of fused-ring (bicyclic) bond motifs is 3. The van der Waals surface area contributed by atoms with Gasteiger partial charge in [0.1, 0.15) is 45.4 Å². The minimum Gasteiger partial charge on any atom is -0.385 e. The molecule has 2 heterocycles. The third-order valence-electron chi connectivity index (χ3n) is 6.67. The van der Waals surface area contributed by atoms with Crippen molar-refractivity contribution in [3.05, 3.63) is 81.2 Å². The first-order valence-electron chi connectivity index (χ1n) is 11.3. The van der Waals surface area contributed by atoms with Crippen LogP contribution in [0.2, 0.25) is 0 Å². The lowest BCUT2D eigenvalue weighted by molar-refractivity contribution is -1.02. The molecule has 166 valence electrons. The molecule has 3 aromatic carbocycles. The van der Waals surface area contributed by atoms with E-state index in [4.69, 9.17) is 0 Å². The lowest BCUT2D eigenvalue weighted by Gasteiger charge is -2.31. The molecule has 1 fully saturated rings. The lowest BCUT2D eigenvalue weighted by Crippen LogP contribution is -3.28. The lowest BCUT2D eigenvalue weighted by atomic mass is 10.2. The van der Waals surface area contributed by atoms with Crippen LogP contribution in [-0.2, 0) is 13.1 Å². The number of nitrogens with zero attached hydrogens (tertiary/aromatic N) is 1. The summed E-state index contributed by atoms with van der Waals surface area (Å²) in [6.45, 7) is 7.07. The molecular formula is C26H29Br2N3O+2. The van der Waals surface area contributed by atoms with Crippen molar-refractivity contribution in [1.29, 1.82) is 0 Å². The van der Waals surface area contributed by atoms with Gasteiger partial charge in [0.25, 0.3) is 0 Å². The number of aromatic nitrogens is 1. The van der Waals surface area contributed by atoms with Gasteiger partial charge in [0.2, 0.25) is 0 Å². The summed E-state index contributed by atoms with van der Waals surface area (Å²) in [4.78, 5) is 3.16. The number of nitrogens with one attached hydrogen (secondary N) is 2. The highest BCUT2D eigenvalue weighted by molar-refractivity contribution is 9.10. The maximum Gasteiger partial charge on any atom is 0.127 e. The summed E-state index contributed by atoms with van der Waals surface area (Å²) in [7, 11) is 0. The number of aliphatic hydroxyl groups is 1. The molecule has 3 N–H and O–H groups in total. The number of benzene rings is 3. The molecule has 0 spiro atoms. The van der Waals surface area contributed by atoms with Crippen LogP contribution in [0.5, 0.6) is 0 Å². The number of halogens is 2. The van der Waals surface area contributed by atoms with E-state index in [0.29, 0.717) is 6.54 Å². The van der Waals surface area contributed by atoms with E-state index in [1.54, 1.807) is 4.90 Å². The van der Waals surface area contributed by atoms with Gasteiger partial charge in [-0.3, -0.25) is 0 Å². The highest BCUT2D eigenvalue weighted by Gasteiger charge is 2.25. The van der Waals surface area contributed by atoms with Crippen LogP contribution in [0, 0.1) is 0 Å². The van der Waals surface area contributed by atoms with Gasteiger partial charge in [-0.15, -0.1) is 0 Å². The van der Waals surface area contributed by atoms with Gasteiger partial charge in [-0.05, 0) is 36.4 Å². The van der Waals surface area contributed by atoms with Crippen LogP contribution in [0.4, 0.5) is 0 Å². The molecule has 0 amide bonds. The molecule has 0 saturated carbocycles. The molecule has 0 bridgehead atoms. The normalized spacial score (nSPS) is 20.1. The van der Waals surface area contributed by atoms with Crippen LogP contribution in [-0.4, -0.2) is 48.5 Å². The maximum atomic E-state index is 11.0. The molecule has 1 atom stereocenters. The maximum absolute atomic E-state index is 11.0. The van der Waals surface area contributed by atoms with Gasteiger partial charge in [-0.1, -0.05) is 62.2 Å². The van der Waals surface area contributed by atoms with Crippen LogP contribution in [0.1, 0.15) is 5.56 Å². The van der Waals surface area contributed by atoms with Gasteiger partial charge in [0.15, 0.2) is 0 Å². The summed E-state index contributed by atoms with van der Waals surface area (Å²) in [5, 5.41) is 13.5. The minimum atomic E-state index is -0.369. The SMILES string of the molecule is OC(Cn1c2ccc(Br)cc2c2cc(Br)ccc21)C[NH+]1CC[NH+](Cc2ccccc2)CC1. The van der Waals surface area contributed by atoms with Crippen molar-refractivity contribution in [2.24, 2.45) is 0 Å². The number of piperazine rings is 1. The van der Waals surface area contributed by atoms with Crippen molar-refractivity contribution in [2.45, 2.75) is 19.2 Å². The van der Waals surface area contributed by atoms with Crippen LogP contribution in [0.3, 0.4) is 0 Å². The van der Waals surface area contributed by atoms with Crippen molar-refractivity contribution in [3.8, 4) is 0 Å². The molecule has 0 radical (unpaired) electrons. The Morgan fingerprint density at radius 2 is 1.34 bits per heavy atom. The molecule has 0 aliphatic carbocycles. The fraction of sp³-hybridized carbons (Fsp3) is 0.308. The Morgan fingerprint density at radius 1 is 0.781 bits per heavy atom. The number of hydrogen-bond acceptors (Lipinski definition) is 1. The third-order valence-corrected chi connectivity index (χ3v) is 7.65. The van der Waals surface area contributed by atoms with Gasteiger partial charge >= 0.3 is 0 Å². The predicted molar refractivity (Wildman–Crippen MR) is 137 cm³/mol. The predicted octanol–water partition coefficient (Wildman–Crippen LogP) is 2.66. The van der Waals surface area contributed by atoms with Gasteiger partial charge in [-0.25, -0.2) is 0 Å². The average molecular weight is 559 g/mol. The Bertz CT molecular complexity index is 1160. The van der Waals surface area contributed by atoms with E-state index in [9.17, 15) is 5.11 Å². The second-order valence-corrected chi connectivity index (χ2v) is 10.8. The Kier molecular flexibility index (Phi) is 6.67. The number of hydrogen-bond donors (Lipinski definition) is 3. The third kappa shape index (κ3) is 4.80. The van der Waals surface area contributed by atoms with Crippen LogP contribution < -0.4 is 9.80 Å². The van der Waals surface area contributed by atoms with Crippen LogP contribution in [0.15, 0.2) is 75.7 Å². The zero-order chi connectivity index (χ0) is 22.1. The molecule has 6 heteroatoms. The molecule has 4 aromatic rings.